The topological polar surface area (TPSA) is 208 Å². The number of para-hydroxylation sites is 1. The first-order valence-electron chi connectivity index (χ1n) is 17.7. The highest BCUT2D eigenvalue weighted by Crippen LogP contribution is 2.53. The van der Waals surface area contributed by atoms with Crippen LogP contribution in [0.25, 0.3) is 11.1 Å². The molecule has 1 aromatic heterocycles. The first kappa shape index (κ1) is 38.5. The number of pyridine rings is 1. The lowest BCUT2D eigenvalue weighted by molar-refractivity contribution is -0.130. The third kappa shape index (κ3) is 9.12. The molecule has 3 aromatic rings. The van der Waals surface area contributed by atoms with E-state index >= 15 is 0 Å². The Bertz CT molecular complexity index is 1810. The minimum absolute atomic E-state index is 0.0504. The number of carbonyl (C=O) groups excluding carboxylic acids is 1. The van der Waals surface area contributed by atoms with Crippen LogP contribution in [-0.4, -0.2) is 94.6 Å². The normalized spacial score (nSPS) is 22.2. The summed E-state index contributed by atoms with van der Waals surface area (Å²) in [7, 11) is -3.94. The van der Waals surface area contributed by atoms with Crippen LogP contribution in [0.5, 0.6) is 5.75 Å². The molecule has 3 aliphatic rings. The van der Waals surface area contributed by atoms with E-state index in [4.69, 9.17) is 26.2 Å². The number of hydrogen-bond acceptors (Lipinski definition) is 11. The van der Waals surface area contributed by atoms with Crippen molar-refractivity contribution in [3.63, 3.8) is 0 Å². The number of ether oxygens (including phenoxy) is 2. The highest BCUT2D eigenvalue weighted by molar-refractivity contribution is 7.89. The molecule has 1 heterocycles. The zero-order valence-electron chi connectivity index (χ0n) is 28.6. The van der Waals surface area contributed by atoms with Crippen LogP contribution in [0.3, 0.4) is 0 Å². The minimum Gasteiger partial charge on any atom is -0.490 e. The second-order valence-electron chi connectivity index (χ2n) is 14.0. The molecule has 7 N–H and O–H groups in total. The molecule has 0 spiro atoms. The van der Waals surface area contributed by atoms with E-state index in [0.717, 1.165) is 48.1 Å². The van der Waals surface area contributed by atoms with E-state index in [9.17, 15) is 33.6 Å². The highest BCUT2D eigenvalue weighted by Gasteiger charge is 2.48. The number of rotatable bonds is 17. The Morgan fingerprint density at radius 1 is 0.942 bits per heavy atom. The third-order valence-corrected chi connectivity index (χ3v) is 12.0. The summed E-state index contributed by atoms with van der Waals surface area (Å²) in [5.74, 6) is 0.00498. The SMILES string of the molecule is O=C(NC[C@H](O)[C@@H](O)[C@H](O)[C@H](O)CO)C1CCC(NS(=O)(=O)c2ccc(Cl)c(COC3(c4cnccc4-c4ccccc4OC4CC4)CC3)c2)CC1. The van der Waals surface area contributed by atoms with Crippen LogP contribution < -0.4 is 14.8 Å². The van der Waals surface area contributed by atoms with E-state index in [1.54, 1.807) is 12.3 Å². The molecule has 6 rings (SSSR count). The van der Waals surface area contributed by atoms with Crippen molar-refractivity contribution < 1.29 is 48.2 Å². The number of nitrogens with zero attached hydrogens (tertiary/aromatic N) is 1. The average Bonchev–Trinajstić information content (AvgIpc) is 4.10. The van der Waals surface area contributed by atoms with E-state index in [-0.39, 0.29) is 30.1 Å². The van der Waals surface area contributed by atoms with Gasteiger partial charge < -0.3 is 40.3 Å². The van der Waals surface area contributed by atoms with E-state index in [0.29, 0.717) is 36.3 Å². The summed E-state index contributed by atoms with van der Waals surface area (Å²) in [6.07, 6.45) is 2.25. The maximum atomic E-state index is 13.5. The summed E-state index contributed by atoms with van der Waals surface area (Å²) in [5.41, 5.74) is 2.83. The lowest BCUT2D eigenvalue weighted by Crippen LogP contribution is -2.50. The van der Waals surface area contributed by atoms with Gasteiger partial charge in [0.05, 0.1) is 35.9 Å². The molecule has 282 valence electrons. The Kier molecular flexibility index (Phi) is 12.2. The van der Waals surface area contributed by atoms with Gasteiger partial charge in [-0.25, -0.2) is 13.1 Å². The molecule has 0 saturated heterocycles. The number of aromatic nitrogens is 1. The minimum atomic E-state index is -3.94. The predicted octanol–water partition coefficient (Wildman–Crippen LogP) is 2.54. The van der Waals surface area contributed by atoms with Crippen LogP contribution in [0.4, 0.5) is 0 Å². The number of benzene rings is 2. The van der Waals surface area contributed by atoms with Crippen molar-refractivity contribution in [1.82, 2.24) is 15.0 Å². The second-order valence-corrected chi connectivity index (χ2v) is 16.1. The van der Waals surface area contributed by atoms with Gasteiger partial charge in [-0.3, -0.25) is 9.78 Å². The van der Waals surface area contributed by atoms with Crippen LogP contribution in [0.15, 0.2) is 65.8 Å². The molecule has 0 bridgehead atoms. The largest absolute Gasteiger partial charge is 0.490 e. The van der Waals surface area contributed by atoms with Crippen LogP contribution in [0.1, 0.15) is 62.5 Å². The number of nitrogens with one attached hydrogen (secondary N) is 2. The van der Waals surface area contributed by atoms with E-state index < -0.39 is 58.6 Å². The molecule has 2 aromatic carbocycles. The van der Waals surface area contributed by atoms with Crippen molar-refractivity contribution in [3.8, 4) is 16.9 Å². The van der Waals surface area contributed by atoms with Crippen LogP contribution in [0.2, 0.25) is 5.02 Å². The quantitative estimate of drug-likeness (QED) is 0.106. The molecular formula is C37H46ClN3O10S. The standard InChI is InChI=1S/C37H46ClN3O10S/c38-30-12-11-26(52(48,49)41-24-7-5-22(6-8-24)36(47)40-19-31(43)34(45)35(46)32(44)20-42)17-23(30)21-50-37(14-15-37)29-18-39-16-13-27(29)28-3-1-2-4-33(28)51-25-9-10-25/h1-4,11-13,16-18,22,24-25,31-32,34-35,41-46H,5-10,14-15,19-21H2,(H,40,47)/t22?,24?,31-,32+,34+,35+/m0/s1. The molecular weight excluding hydrogens is 714 g/mol. The first-order valence-corrected chi connectivity index (χ1v) is 19.5. The Morgan fingerprint density at radius 3 is 2.35 bits per heavy atom. The molecule has 3 saturated carbocycles. The van der Waals surface area contributed by atoms with Crippen LogP contribution in [-0.2, 0) is 31.8 Å². The van der Waals surface area contributed by atoms with Crippen molar-refractivity contribution in [2.45, 2.75) is 105 Å². The maximum absolute atomic E-state index is 13.5. The van der Waals surface area contributed by atoms with Gasteiger partial charge in [0.25, 0.3) is 0 Å². The summed E-state index contributed by atoms with van der Waals surface area (Å²) < 4.78 is 42.5. The second kappa shape index (κ2) is 16.5. The lowest BCUT2D eigenvalue weighted by Gasteiger charge is -2.29. The molecule has 3 aliphatic carbocycles. The molecule has 0 unspecified atom stereocenters. The van der Waals surface area contributed by atoms with Crippen molar-refractivity contribution in [2.75, 3.05) is 13.2 Å². The number of aliphatic hydroxyl groups is 5. The molecule has 1 amide bonds. The van der Waals surface area contributed by atoms with Crippen molar-refractivity contribution >= 4 is 27.5 Å². The number of carbonyl (C=O) groups is 1. The number of sulfonamides is 1. The average molecular weight is 760 g/mol. The molecule has 15 heteroatoms. The van der Waals surface area contributed by atoms with E-state index in [1.165, 1.54) is 12.1 Å². The number of amides is 1. The fourth-order valence-electron chi connectivity index (χ4n) is 6.59. The van der Waals surface area contributed by atoms with Gasteiger partial charge in [-0.1, -0.05) is 29.8 Å². The Labute approximate surface area is 308 Å². The summed E-state index contributed by atoms with van der Waals surface area (Å²) in [5, 5.41) is 51.1. The van der Waals surface area contributed by atoms with Gasteiger partial charge in [-0.15, -0.1) is 0 Å². The molecule has 0 radical (unpaired) electrons. The third-order valence-electron chi connectivity index (χ3n) is 10.1. The summed E-state index contributed by atoms with van der Waals surface area (Å²) in [6, 6.07) is 14.0. The monoisotopic (exact) mass is 759 g/mol. The Balaban J connectivity index is 1.04. The van der Waals surface area contributed by atoms with Crippen molar-refractivity contribution in [1.29, 1.82) is 0 Å². The van der Waals surface area contributed by atoms with Gasteiger partial charge in [-0.2, -0.15) is 0 Å². The highest BCUT2D eigenvalue weighted by atomic mass is 35.5. The van der Waals surface area contributed by atoms with Gasteiger partial charge in [0.1, 0.15) is 24.1 Å². The van der Waals surface area contributed by atoms with Crippen molar-refractivity contribution in [2.24, 2.45) is 5.92 Å². The van der Waals surface area contributed by atoms with Crippen molar-refractivity contribution in [3.05, 3.63) is 77.1 Å². The van der Waals surface area contributed by atoms with Crippen LogP contribution >= 0.6 is 11.6 Å². The van der Waals surface area contributed by atoms with Gasteiger partial charge >= 0.3 is 0 Å². The Hall–Kier alpha value is -3.18. The molecule has 0 aliphatic heterocycles. The van der Waals surface area contributed by atoms with Gasteiger partial charge in [0, 0.05) is 47.0 Å². The van der Waals surface area contributed by atoms with E-state index in [2.05, 4.69) is 15.0 Å². The summed E-state index contributed by atoms with van der Waals surface area (Å²) in [6.45, 7) is -1.10. The Morgan fingerprint density at radius 2 is 1.65 bits per heavy atom. The first-order chi connectivity index (χ1) is 24.9. The number of halogens is 1. The predicted molar refractivity (Wildman–Crippen MR) is 191 cm³/mol. The fourth-order valence-corrected chi connectivity index (χ4v) is 8.12. The summed E-state index contributed by atoms with van der Waals surface area (Å²) in [4.78, 5) is 17.2. The van der Waals surface area contributed by atoms with Gasteiger partial charge in [0.15, 0.2) is 0 Å². The van der Waals surface area contributed by atoms with Gasteiger partial charge in [-0.05, 0) is 92.8 Å². The molecule has 4 atom stereocenters. The summed E-state index contributed by atoms with van der Waals surface area (Å²) >= 11 is 6.55. The lowest BCUT2D eigenvalue weighted by atomic mass is 9.86. The molecule has 3 fully saturated rings. The number of hydrogen-bond donors (Lipinski definition) is 7. The molecule has 52 heavy (non-hydrogen) atoms. The zero-order valence-corrected chi connectivity index (χ0v) is 30.2. The smallest absolute Gasteiger partial charge is 0.240 e. The molecule has 13 nitrogen and oxygen atoms in total. The van der Waals surface area contributed by atoms with Gasteiger partial charge in [0.2, 0.25) is 15.9 Å². The maximum Gasteiger partial charge on any atom is 0.240 e. The van der Waals surface area contributed by atoms with E-state index in [1.807, 2.05) is 36.5 Å². The van der Waals surface area contributed by atoms with Crippen LogP contribution in [0, 0.1) is 5.92 Å². The zero-order chi connectivity index (χ0) is 37.0. The number of aliphatic hydroxyl groups excluding tert-OH is 5. The fraction of sp³-hybridized carbons (Fsp3) is 0.514.